The van der Waals surface area contributed by atoms with Gasteiger partial charge in [0, 0.05) is 31.3 Å². The molecule has 0 aromatic heterocycles. The molecule has 0 heterocycles. The lowest BCUT2D eigenvalue weighted by atomic mass is 10.3. The molecule has 0 unspecified atom stereocenters. The van der Waals surface area contributed by atoms with Crippen molar-refractivity contribution in [2.45, 2.75) is 25.7 Å². The maximum absolute atomic E-state index is 11.5. The first kappa shape index (κ1) is 14.6. The third-order valence-electron chi connectivity index (χ3n) is 1.96. The quantitative estimate of drug-likeness (QED) is 0.601. The average molecular weight is 241 g/mol. The number of unbranched alkanes of at least 4 members (excludes halogenated alkanes) is 2. The molecule has 0 saturated heterocycles. The van der Waals surface area contributed by atoms with Crippen LogP contribution in [-0.4, -0.2) is 25.8 Å². The highest BCUT2D eigenvalue weighted by Crippen LogP contribution is 2.07. The molecule has 16 heavy (non-hydrogen) atoms. The summed E-state index contributed by atoms with van der Waals surface area (Å²) in [6.07, 6.45) is 1.63. The maximum atomic E-state index is 11.5. The molecule has 0 aromatic rings. The first-order valence-electron chi connectivity index (χ1n) is 4.95. The Bertz CT molecular complexity index is 369. The predicted molar refractivity (Wildman–Crippen MR) is 60.4 cm³/mol. The van der Waals surface area contributed by atoms with Gasteiger partial charge >= 0.3 is 0 Å². The molecular formula is C10H15N3O2S. The molecule has 0 bridgehead atoms. The zero-order chi connectivity index (χ0) is 12.4. The van der Waals surface area contributed by atoms with Gasteiger partial charge in [-0.3, -0.25) is 0 Å². The van der Waals surface area contributed by atoms with Crippen molar-refractivity contribution >= 4 is 10.0 Å². The van der Waals surface area contributed by atoms with Gasteiger partial charge in [-0.1, -0.05) is 6.58 Å². The molecule has 5 nitrogen and oxygen atoms in total. The summed E-state index contributed by atoms with van der Waals surface area (Å²) in [5.41, 5.74) is 0. The Kier molecular flexibility index (Phi) is 7.19. The maximum Gasteiger partial charge on any atom is 0.235 e. The van der Waals surface area contributed by atoms with E-state index in [1.807, 2.05) is 12.1 Å². The van der Waals surface area contributed by atoms with Crippen LogP contribution in [0.5, 0.6) is 0 Å². The fourth-order valence-corrected chi connectivity index (χ4v) is 2.12. The van der Waals surface area contributed by atoms with E-state index in [0.717, 1.165) is 5.41 Å². The van der Waals surface area contributed by atoms with Crippen LogP contribution >= 0.6 is 0 Å². The van der Waals surface area contributed by atoms with E-state index in [9.17, 15) is 8.42 Å². The van der Waals surface area contributed by atoms with Gasteiger partial charge < -0.3 is 0 Å². The summed E-state index contributed by atoms with van der Waals surface area (Å²) in [5, 5.41) is 17.6. The number of nitriles is 2. The standard InChI is InChI=1S/C10H15N3O2S/c1-2-16(14,15)13(9-5-3-7-11)10-6-4-8-12/h2H,1,3-6,9-10H2. The molecule has 0 saturated carbocycles. The van der Waals surface area contributed by atoms with Crippen molar-refractivity contribution in [1.82, 2.24) is 4.31 Å². The molecule has 0 aliphatic heterocycles. The van der Waals surface area contributed by atoms with E-state index in [-0.39, 0.29) is 0 Å². The summed E-state index contributed by atoms with van der Waals surface area (Å²) in [6, 6.07) is 3.92. The minimum Gasteiger partial charge on any atom is -0.208 e. The van der Waals surface area contributed by atoms with Crippen molar-refractivity contribution in [2.75, 3.05) is 13.1 Å². The van der Waals surface area contributed by atoms with Crippen LogP contribution in [0.2, 0.25) is 0 Å². The zero-order valence-corrected chi connectivity index (χ0v) is 9.91. The topological polar surface area (TPSA) is 85.0 Å². The summed E-state index contributed by atoms with van der Waals surface area (Å²) in [7, 11) is -3.44. The monoisotopic (exact) mass is 241 g/mol. The predicted octanol–water partition coefficient (Wildman–Crippen LogP) is 1.37. The van der Waals surface area contributed by atoms with Gasteiger partial charge in [0.25, 0.3) is 0 Å². The highest BCUT2D eigenvalue weighted by Gasteiger charge is 2.17. The van der Waals surface area contributed by atoms with Crippen LogP contribution in [0.1, 0.15) is 25.7 Å². The summed E-state index contributed by atoms with van der Waals surface area (Å²) in [4.78, 5) is 0. The Balaban J connectivity index is 4.35. The van der Waals surface area contributed by atoms with E-state index in [4.69, 9.17) is 10.5 Å². The molecule has 88 valence electrons. The molecule has 0 atom stereocenters. The van der Waals surface area contributed by atoms with Crippen molar-refractivity contribution in [3.63, 3.8) is 0 Å². The lowest BCUT2D eigenvalue weighted by Crippen LogP contribution is -2.31. The van der Waals surface area contributed by atoms with Gasteiger partial charge in [-0.05, 0) is 12.8 Å². The van der Waals surface area contributed by atoms with Crippen molar-refractivity contribution in [1.29, 1.82) is 10.5 Å². The van der Waals surface area contributed by atoms with Crippen LogP contribution in [0.4, 0.5) is 0 Å². The molecule has 0 aromatic carbocycles. The van der Waals surface area contributed by atoms with Crippen LogP contribution in [0.15, 0.2) is 12.0 Å². The first-order chi connectivity index (χ1) is 7.58. The smallest absolute Gasteiger partial charge is 0.208 e. The number of sulfonamides is 1. The second-order valence-corrected chi connectivity index (χ2v) is 5.01. The van der Waals surface area contributed by atoms with Crippen molar-refractivity contribution < 1.29 is 8.42 Å². The van der Waals surface area contributed by atoms with E-state index >= 15 is 0 Å². The average Bonchev–Trinajstić information content (AvgIpc) is 2.27. The molecule has 0 N–H and O–H groups in total. The molecule has 0 aliphatic carbocycles. The second kappa shape index (κ2) is 7.86. The van der Waals surface area contributed by atoms with Gasteiger partial charge in [0.1, 0.15) is 0 Å². The van der Waals surface area contributed by atoms with Crippen LogP contribution < -0.4 is 0 Å². The van der Waals surface area contributed by atoms with E-state index in [2.05, 4.69) is 6.58 Å². The molecule has 0 aliphatic rings. The van der Waals surface area contributed by atoms with Gasteiger partial charge in [-0.25, -0.2) is 8.42 Å². The van der Waals surface area contributed by atoms with Gasteiger partial charge in [-0.15, -0.1) is 0 Å². The molecular weight excluding hydrogens is 226 g/mol. The summed E-state index contributed by atoms with van der Waals surface area (Å²) in [5.74, 6) is 0. The second-order valence-electron chi connectivity index (χ2n) is 3.13. The van der Waals surface area contributed by atoms with E-state index in [0.29, 0.717) is 38.8 Å². The number of hydrogen-bond acceptors (Lipinski definition) is 4. The molecule has 0 radical (unpaired) electrons. The van der Waals surface area contributed by atoms with Crippen LogP contribution in [0, 0.1) is 22.7 Å². The van der Waals surface area contributed by atoms with Crippen molar-refractivity contribution in [3.8, 4) is 12.1 Å². The fraction of sp³-hybridized carbons (Fsp3) is 0.600. The molecule has 0 amide bonds. The third kappa shape index (κ3) is 5.50. The lowest BCUT2D eigenvalue weighted by Gasteiger charge is -2.18. The third-order valence-corrected chi connectivity index (χ3v) is 3.47. The van der Waals surface area contributed by atoms with Crippen LogP contribution in [0.25, 0.3) is 0 Å². The van der Waals surface area contributed by atoms with E-state index in [1.165, 1.54) is 4.31 Å². The highest BCUT2D eigenvalue weighted by molar-refractivity contribution is 7.92. The van der Waals surface area contributed by atoms with Crippen molar-refractivity contribution in [2.24, 2.45) is 0 Å². The number of rotatable bonds is 8. The summed E-state index contributed by atoms with van der Waals surface area (Å²) in [6.45, 7) is 3.85. The molecule has 0 spiro atoms. The van der Waals surface area contributed by atoms with Gasteiger partial charge in [-0.2, -0.15) is 14.8 Å². The SMILES string of the molecule is C=CS(=O)(=O)N(CCCC#N)CCCC#N. The number of hydrogen-bond donors (Lipinski definition) is 0. The first-order valence-corrected chi connectivity index (χ1v) is 6.45. The van der Waals surface area contributed by atoms with Crippen LogP contribution in [0.3, 0.4) is 0 Å². The normalized spacial score (nSPS) is 10.7. The Labute approximate surface area is 96.6 Å². The highest BCUT2D eigenvalue weighted by atomic mass is 32.2. The minimum atomic E-state index is -3.44. The zero-order valence-electron chi connectivity index (χ0n) is 9.09. The lowest BCUT2D eigenvalue weighted by molar-refractivity contribution is 0.407. The van der Waals surface area contributed by atoms with E-state index in [1.54, 1.807) is 0 Å². The Morgan fingerprint density at radius 2 is 1.56 bits per heavy atom. The molecule has 0 rings (SSSR count). The van der Waals surface area contributed by atoms with Gasteiger partial charge in [0.05, 0.1) is 12.1 Å². The van der Waals surface area contributed by atoms with Gasteiger partial charge in [0.15, 0.2) is 0 Å². The van der Waals surface area contributed by atoms with Crippen LogP contribution in [-0.2, 0) is 10.0 Å². The largest absolute Gasteiger partial charge is 0.235 e. The minimum absolute atomic E-state index is 0.299. The van der Waals surface area contributed by atoms with Crippen molar-refractivity contribution in [3.05, 3.63) is 12.0 Å². The van der Waals surface area contributed by atoms with Gasteiger partial charge in [0.2, 0.25) is 10.0 Å². The summed E-state index contributed by atoms with van der Waals surface area (Å²) < 4.78 is 24.3. The fourth-order valence-electron chi connectivity index (χ4n) is 1.14. The Morgan fingerprint density at radius 1 is 1.12 bits per heavy atom. The summed E-state index contributed by atoms with van der Waals surface area (Å²) >= 11 is 0. The van der Waals surface area contributed by atoms with E-state index < -0.39 is 10.0 Å². The Morgan fingerprint density at radius 3 is 1.88 bits per heavy atom. The molecule has 0 fully saturated rings. The molecule has 6 heteroatoms. The number of nitrogens with zero attached hydrogens (tertiary/aromatic N) is 3. The Hall–Kier alpha value is -1.37.